The molecule has 2 rings (SSSR count). The average Bonchev–Trinajstić information content (AvgIpc) is 2.43. The lowest BCUT2D eigenvalue weighted by Gasteiger charge is -2.48. The van der Waals surface area contributed by atoms with Crippen LogP contribution in [-0.2, 0) is 5.41 Å². The molecule has 20 heavy (non-hydrogen) atoms. The highest BCUT2D eigenvalue weighted by molar-refractivity contribution is 5.35. The quantitative estimate of drug-likeness (QED) is 0.711. The number of methoxy groups -OCH3 is 1. The SMILES string of the molecule is COc1cccc(C2(C)C(C)CCCC2CC(C)C)c1. The van der Waals surface area contributed by atoms with Gasteiger partial charge in [0.2, 0.25) is 0 Å². The molecule has 1 heteroatoms. The zero-order valence-electron chi connectivity index (χ0n) is 13.8. The van der Waals surface area contributed by atoms with Crippen molar-refractivity contribution in [2.24, 2.45) is 17.8 Å². The molecule has 1 aromatic carbocycles. The number of hydrogen-bond acceptors (Lipinski definition) is 1. The van der Waals surface area contributed by atoms with Gasteiger partial charge in [-0.3, -0.25) is 0 Å². The molecule has 0 aromatic heterocycles. The third-order valence-corrected chi connectivity index (χ3v) is 5.51. The maximum absolute atomic E-state index is 5.44. The van der Waals surface area contributed by atoms with E-state index in [0.717, 1.165) is 23.5 Å². The van der Waals surface area contributed by atoms with Crippen molar-refractivity contribution >= 4 is 0 Å². The Kier molecular flexibility index (Phi) is 4.78. The number of hydrogen-bond donors (Lipinski definition) is 0. The van der Waals surface area contributed by atoms with Gasteiger partial charge in [0.05, 0.1) is 7.11 Å². The predicted octanol–water partition coefficient (Wildman–Crippen LogP) is 5.44. The fourth-order valence-electron chi connectivity index (χ4n) is 4.08. The van der Waals surface area contributed by atoms with Crippen molar-refractivity contribution < 1.29 is 4.74 Å². The molecule has 1 nitrogen and oxygen atoms in total. The van der Waals surface area contributed by atoms with Crippen molar-refractivity contribution in [3.8, 4) is 5.75 Å². The molecular weight excluding hydrogens is 244 g/mol. The Labute approximate surface area is 124 Å². The van der Waals surface area contributed by atoms with Crippen LogP contribution in [0.2, 0.25) is 0 Å². The molecule has 3 atom stereocenters. The Morgan fingerprint density at radius 1 is 1.30 bits per heavy atom. The van der Waals surface area contributed by atoms with Crippen LogP contribution in [0.1, 0.15) is 58.9 Å². The summed E-state index contributed by atoms with van der Waals surface area (Å²) >= 11 is 0. The first-order valence-corrected chi connectivity index (χ1v) is 8.13. The number of ether oxygens (including phenoxy) is 1. The van der Waals surface area contributed by atoms with Crippen molar-refractivity contribution in [1.29, 1.82) is 0 Å². The number of rotatable bonds is 4. The average molecular weight is 274 g/mol. The van der Waals surface area contributed by atoms with E-state index >= 15 is 0 Å². The lowest BCUT2D eigenvalue weighted by Crippen LogP contribution is -2.42. The molecule has 0 spiro atoms. The van der Waals surface area contributed by atoms with Crippen LogP contribution in [-0.4, -0.2) is 7.11 Å². The Morgan fingerprint density at radius 2 is 2.05 bits per heavy atom. The molecular formula is C19H30O. The van der Waals surface area contributed by atoms with Crippen molar-refractivity contribution in [3.63, 3.8) is 0 Å². The minimum atomic E-state index is 0.289. The molecule has 0 radical (unpaired) electrons. The van der Waals surface area contributed by atoms with Crippen LogP contribution < -0.4 is 4.74 Å². The molecule has 1 fully saturated rings. The zero-order chi connectivity index (χ0) is 14.8. The summed E-state index contributed by atoms with van der Waals surface area (Å²) in [5.74, 6) is 3.30. The van der Waals surface area contributed by atoms with Crippen LogP contribution in [0.4, 0.5) is 0 Å². The van der Waals surface area contributed by atoms with Gasteiger partial charge in [-0.15, -0.1) is 0 Å². The molecule has 0 saturated heterocycles. The molecule has 0 bridgehead atoms. The van der Waals surface area contributed by atoms with Crippen LogP contribution in [0.3, 0.4) is 0 Å². The fraction of sp³-hybridized carbons (Fsp3) is 0.684. The lowest BCUT2D eigenvalue weighted by molar-refractivity contribution is 0.114. The predicted molar refractivity (Wildman–Crippen MR) is 86.3 cm³/mol. The highest BCUT2D eigenvalue weighted by atomic mass is 16.5. The Bertz CT molecular complexity index is 437. The van der Waals surface area contributed by atoms with E-state index in [-0.39, 0.29) is 5.41 Å². The van der Waals surface area contributed by atoms with Crippen LogP contribution in [0.5, 0.6) is 5.75 Å². The smallest absolute Gasteiger partial charge is 0.119 e. The van der Waals surface area contributed by atoms with Crippen LogP contribution >= 0.6 is 0 Å². The maximum Gasteiger partial charge on any atom is 0.119 e. The summed E-state index contributed by atoms with van der Waals surface area (Å²) < 4.78 is 5.44. The van der Waals surface area contributed by atoms with Gasteiger partial charge in [0.25, 0.3) is 0 Å². The third-order valence-electron chi connectivity index (χ3n) is 5.51. The van der Waals surface area contributed by atoms with Gasteiger partial charge in [0.15, 0.2) is 0 Å². The molecule has 1 aliphatic rings. The summed E-state index contributed by atoms with van der Waals surface area (Å²) in [5, 5.41) is 0. The van der Waals surface area contributed by atoms with Crippen LogP contribution in [0.25, 0.3) is 0 Å². The molecule has 1 saturated carbocycles. The molecule has 0 aliphatic heterocycles. The maximum atomic E-state index is 5.44. The minimum Gasteiger partial charge on any atom is -0.497 e. The van der Waals surface area contributed by atoms with E-state index in [1.807, 2.05) is 0 Å². The largest absolute Gasteiger partial charge is 0.497 e. The Balaban J connectivity index is 2.38. The summed E-state index contributed by atoms with van der Waals surface area (Å²) in [6, 6.07) is 8.76. The normalized spacial score (nSPS) is 30.5. The minimum absolute atomic E-state index is 0.289. The van der Waals surface area contributed by atoms with Gasteiger partial charge in [-0.05, 0) is 60.1 Å². The van der Waals surface area contributed by atoms with E-state index in [4.69, 9.17) is 4.74 Å². The molecule has 0 N–H and O–H groups in total. The molecule has 112 valence electrons. The topological polar surface area (TPSA) is 9.23 Å². The lowest BCUT2D eigenvalue weighted by atomic mass is 9.57. The van der Waals surface area contributed by atoms with Crippen molar-refractivity contribution in [3.05, 3.63) is 29.8 Å². The molecule has 0 amide bonds. The van der Waals surface area contributed by atoms with E-state index in [2.05, 4.69) is 52.0 Å². The third kappa shape index (κ3) is 2.87. The van der Waals surface area contributed by atoms with Gasteiger partial charge >= 0.3 is 0 Å². The second-order valence-electron chi connectivity index (χ2n) is 7.17. The second kappa shape index (κ2) is 6.20. The monoisotopic (exact) mass is 274 g/mol. The summed E-state index contributed by atoms with van der Waals surface area (Å²) in [5.41, 5.74) is 1.76. The van der Waals surface area contributed by atoms with Gasteiger partial charge in [-0.25, -0.2) is 0 Å². The first-order chi connectivity index (χ1) is 9.48. The fourth-order valence-corrected chi connectivity index (χ4v) is 4.08. The molecule has 1 aromatic rings. The van der Waals surface area contributed by atoms with Gasteiger partial charge < -0.3 is 4.74 Å². The molecule has 1 aliphatic carbocycles. The van der Waals surface area contributed by atoms with E-state index in [1.165, 1.54) is 31.2 Å². The highest BCUT2D eigenvalue weighted by Gasteiger charge is 2.43. The summed E-state index contributed by atoms with van der Waals surface area (Å²) in [6.45, 7) is 9.63. The van der Waals surface area contributed by atoms with E-state index in [1.54, 1.807) is 7.11 Å². The van der Waals surface area contributed by atoms with Crippen LogP contribution in [0, 0.1) is 17.8 Å². The Hall–Kier alpha value is -0.980. The van der Waals surface area contributed by atoms with E-state index in [0.29, 0.717) is 0 Å². The second-order valence-corrected chi connectivity index (χ2v) is 7.17. The van der Waals surface area contributed by atoms with Gasteiger partial charge in [0, 0.05) is 0 Å². The molecule has 0 heterocycles. The Morgan fingerprint density at radius 3 is 2.70 bits per heavy atom. The highest BCUT2D eigenvalue weighted by Crippen LogP contribution is 2.49. The van der Waals surface area contributed by atoms with Gasteiger partial charge in [-0.2, -0.15) is 0 Å². The van der Waals surface area contributed by atoms with Gasteiger partial charge in [0.1, 0.15) is 5.75 Å². The zero-order valence-corrected chi connectivity index (χ0v) is 13.8. The molecule has 3 unspecified atom stereocenters. The van der Waals surface area contributed by atoms with Crippen LogP contribution in [0.15, 0.2) is 24.3 Å². The standard InChI is InChI=1S/C19H30O/c1-14(2)12-16-9-6-8-15(3)19(16,4)17-10-7-11-18(13-17)20-5/h7,10-11,13-16H,6,8-9,12H2,1-5H3. The summed E-state index contributed by atoms with van der Waals surface area (Å²) in [7, 11) is 1.76. The first kappa shape index (κ1) is 15.4. The summed E-state index contributed by atoms with van der Waals surface area (Å²) in [4.78, 5) is 0. The van der Waals surface area contributed by atoms with Crippen molar-refractivity contribution in [2.75, 3.05) is 7.11 Å². The van der Waals surface area contributed by atoms with Gasteiger partial charge in [-0.1, -0.05) is 46.2 Å². The van der Waals surface area contributed by atoms with E-state index < -0.39 is 0 Å². The summed E-state index contributed by atoms with van der Waals surface area (Å²) in [6.07, 6.45) is 5.44. The van der Waals surface area contributed by atoms with Crippen molar-refractivity contribution in [2.45, 2.75) is 58.8 Å². The number of benzene rings is 1. The van der Waals surface area contributed by atoms with Crippen molar-refractivity contribution in [1.82, 2.24) is 0 Å². The van der Waals surface area contributed by atoms with E-state index in [9.17, 15) is 0 Å². The first-order valence-electron chi connectivity index (χ1n) is 8.13.